The third-order valence-corrected chi connectivity index (χ3v) is 3.20. The standard InChI is InChI=1S/C12H10F5NO2/c1-20-12(19)5-3-2-4-18(5)11-9(16)7(14)6(13)8(15)10(11)17/h5H,2-4H2,1H3. The van der Waals surface area contributed by atoms with Gasteiger partial charge in [-0.3, -0.25) is 0 Å². The Morgan fingerprint density at radius 2 is 1.55 bits per heavy atom. The maximum Gasteiger partial charge on any atom is 0.328 e. The summed E-state index contributed by atoms with van der Waals surface area (Å²) in [5, 5.41) is 0. The number of halogens is 5. The summed E-state index contributed by atoms with van der Waals surface area (Å²) in [7, 11) is 1.08. The number of benzene rings is 1. The number of methoxy groups -OCH3 is 1. The SMILES string of the molecule is COC(=O)C1CCCN1c1c(F)c(F)c(F)c(F)c1F. The Hall–Kier alpha value is -1.86. The Morgan fingerprint density at radius 3 is 2.05 bits per heavy atom. The van der Waals surface area contributed by atoms with Crippen molar-refractivity contribution < 1.29 is 31.5 Å². The van der Waals surface area contributed by atoms with Crippen molar-refractivity contribution in [3.05, 3.63) is 29.1 Å². The molecular formula is C12H10F5NO2. The quantitative estimate of drug-likeness (QED) is 0.363. The van der Waals surface area contributed by atoms with Crippen LogP contribution in [-0.4, -0.2) is 25.7 Å². The normalized spacial score (nSPS) is 18.5. The fourth-order valence-corrected chi connectivity index (χ4v) is 2.26. The topological polar surface area (TPSA) is 29.5 Å². The summed E-state index contributed by atoms with van der Waals surface area (Å²) in [5.41, 5.74) is -1.09. The lowest BCUT2D eigenvalue weighted by Crippen LogP contribution is -2.38. The van der Waals surface area contributed by atoms with Gasteiger partial charge in [-0.15, -0.1) is 0 Å². The number of rotatable bonds is 2. The zero-order valence-corrected chi connectivity index (χ0v) is 10.4. The molecule has 0 N–H and O–H groups in total. The molecule has 20 heavy (non-hydrogen) atoms. The van der Waals surface area contributed by atoms with Gasteiger partial charge in [0.2, 0.25) is 5.82 Å². The van der Waals surface area contributed by atoms with E-state index in [1.807, 2.05) is 0 Å². The maximum atomic E-state index is 13.7. The van der Waals surface area contributed by atoms with Gasteiger partial charge in [0, 0.05) is 6.54 Å². The number of hydrogen-bond acceptors (Lipinski definition) is 3. The summed E-state index contributed by atoms with van der Waals surface area (Å²) >= 11 is 0. The van der Waals surface area contributed by atoms with Gasteiger partial charge in [-0.05, 0) is 12.8 Å². The van der Waals surface area contributed by atoms with Crippen molar-refractivity contribution in [2.24, 2.45) is 0 Å². The molecule has 1 aliphatic rings. The molecule has 1 saturated heterocycles. The van der Waals surface area contributed by atoms with E-state index in [0.29, 0.717) is 6.42 Å². The molecule has 8 heteroatoms. The Kier molecular flexibility index (Phi) is 3.82. The second-order valence-electron chi connectivity index (χ2n) is 4.29. The lowest BCUT2D eigenvalue weighted by Gasteiger charge is -2.25. The van der Waals surface area contributed by atoms with E-state index in [4.69, 9.17) is 0 Å². The zero-order chi connectivity index (χ0) is 15.0. The van der Waals surface area contributed by atoms with Gasteiger partial charge in [-0.25, -0.2) is 26.7 Å². The molecule has 0 spiro atoms. The number of anilines is 1. The molecule has 1 fully saturated rings. The molecule has 1 heterocycles. The van der Waals surface area contributed by atoms with Gasteiger partial charge in [0.05, 0.1) is 7.11 Å². The minimum Gasteiger partial charge on any atom is -0.467 e. The molecule has 110 valence electrons. The largest absolute Gasteiger partial charge is 0.467 e. The van der Waals surface area contributed by atoms with E-state index in [2.05, 4.69) is 4.74 Å². The van der Waals surface area contributed by atoms with E-state index in [1.165, 1.54) is 0 Å². The summed E-state index contributed by atoms with van der Waals surface area (Å²) in [4.78, 5) is 12.3. The van der Waals surface area contributed by atoms with Crippen molar-refractivity contribution in [1.82, 2.24) is 0 Å². The van der Waals surface area contributed by atoms with Gasteiger partial charge >= 0.3 is 5.97 Å². The van der Waals surface area contributed by atoms with Crippen molar-refractivity contribution in [3.8, 4) is 0 Å². The molecule has 0 radical (unpaired) electrons. The predicted molar refractivity (Wildman–Crippen MR) is 58.6 cm³/mol. The van der Waals surface area contributed by atoms with E-state index in [-0.39, 0.29) is 13.0 Å². The summed E-state index contributed by atoms with van der Waals surface area (Å²) in [6, 6.07) is -1.06. The number of esters is 1. The molecule has 1 aliphatic heterocycles. The molecule has 3 nitrogen and oxygen atoms in total. The molecule has 0 aromatic heterocycles. The van der Waals surface area contributed by atoms with Crippen LogP contribution < -0.4 is 4.90 Å². The van der Waals surface area contributed by atoms with Crippen LogP contribution >= 0.6 is 0 Å². The minimum atomic E-state index is -2.22. The smallest absolute Gasteiger partial charge is 0.328 e. The highest BCUT2D eigenvalue weighted by Gasteiger charge is 2.38. The van der Waals surface area contributed by atoms with Crippen LogP contribution in [0.4, 0.5) is 27.6 Å². The molecular weight excluding hydrogens is 285 g/mol. The highest BCUT2D eigenvalue weighted by atomic mass is 19.2. The average molecular weight is 295 g/mol. The second kappa shape index (κ2) is 5.26. The first-order chi connectivity index (χ1) is 9.40. The third-order valence-electron chi connectivity index (χ3n) is 3.20. The Bertz CT molecular complexity index is 534. The monoisotopic (exact) mass is 295 g/mol. The van der Waals surface area contributed by atoms with Crippen LogP contribution in [0.25, 0.3) is 0 Å². The molecule has 0 bridgehead atoms. The van der Waals surface area contributed by atoms with Gasteiger partial charge in [0.25, 0.3) is 0 Å². The van der Waals surface area contributed by atoms with Crippen molar-refractivity contribution in [1.29, 1.82) is 0 Å². The number of carbonyl (C=O) groups excluding carboxylic acids is 1. The molecule has 2 rings (SSSR count). The van der Waals surface area contributed by atoms with E-state index >= 15 is 0 Å². The molecule has 0 saturated carbocycles. The molecule has 0 amide bonds. The van der Waals surface area contributed by atoms with Crippen LogP contribution in [0.5, 0.6) is 0 Å². The van der Waals surface area contributed by atoms with Crippen LogP contribution in [0.3, 0.4) is 0 Å². The summed E-state index contributed by atoms with van der Waals surface area (Å²) < 4.78 is 71.1. The Balaban J connectivity index is 2.55. The van der Waals surface area contributed by atoms with E-state index in [1.54, 1.807) is 0 Å². The highest BCUT2D eigenvalue weighted by Crippen LogP contribution is 2.34. The number of ether oxygens (including phenoxy) is 1. The Morgan fingerprint density at radius 1 is 1.05 bits per heavy atom. The number of nitrogens with zero attached hydrogens (tertiary/aromatic N) is 1. The first-order valence-corrected chi connectivity index (χ1v) is 5.76. The molecule has 0 aliphatic carbocycles. The zero-order valence-electron chi connectivity index (χ0n) is 10.4. The lowest BCUT2D eigenvalue weighted by molar-refractivity contribution is -0.141. The van der Waals surface area contributed by atoms with Crippen LogP contribution in [-0.2, 0) is 9.53 Å². The van der Waals surface area contributed by atoms with Gasteiger partial charge in [-0.1, -0.05) is 0 Å². The fraction of sp³-hybridized carbons (Fsp3) is 0.417. The molecule has 1 aromatic rings. The molecule has 1 aromatic carbocycles. The van der Waals surface area contributed by atoms with Crippen molar-refractivity contribution in [2.75, 3.05) is 18.6 Å². The lowest BCUT2D eigenvalue weighted by atomic mass is 10.2. The second-order valence-corrected chi connectivity index (χ2v) is 4.29. The van der Waals surface area contributed by atoms with Gasteiger partial charge in [0.1, 0.15) is 11.7 Å². The van der Waals surface area contributed by atoms with Crippen molar-refractivity contribution in [3.63, 3.8) is 0 Å². The molecule has 1 atom stereocenters. The van der Waals surface area contributed by atoms with Crippen LogP contribution in [0.2, 0.25) is 0 Å². The van der Waals surface area contributed by atoms with Crippen molar-refractivity contribution in [2.45, 2.75) is 18.9 Å². The fourth-order valence-electron chi connectivity index (χ4n) is 2.26. The van der Waals surface area contributed by atoms with Crippen LogP contribution in [0.15, 0.2) is 0 Å². The van der Waals surface area contributed by atoms with Gasteiger partial charge < -0.3 is 9.64 Å². The first kappa shape index (κ1) is 14.5. The van der Waals surface area contributed by atoms with Crippen LogP contribution in [0.1, 0.15) is 12.8 Å². The van der Waals surface area contributed by atoms with Crippen LogP contribution in [0, 0.1) is 29.1 Å². The van der Waals surface area contributed by atoms with Gasteiger partial charge in [-0.2, -0.15) is 0 Å². The predicted octanol–water partition coefficient (Wildman–Crippen LogP) is 2.52. The number of hydrogen-bond donors (Lipinski definition) is 0. The maximum absolute atomic E-state index is 13.7. The Labute approximate surface area is 110 Å². The first-order valence-electron chi connectivity index (χ1n) is 5.76. The summed E-state index contributed by atoms with van der Waals surface area (Å²) in [6.07, 6.45) is 0.589. The van der Waals surface area contributed by atoms with Crippen molar-refractivity contribution >= 4 is 11.7 Å². The van der Waals surface area contributed by atoms with E-state index in [9.17, 15) is 26.7 Å². The van der Waals surface area contributed by atoms with E-state index in [0.717, 1.165) is 12.0 Å². The molecule has 1 unspecified atom stereocenters. The number of carbonyl (C=O) groups is 1. The average Bonchev–Trinajstić information content (AvgIpc) is 2.91. The summed E-state index contributed by atoms with van der Waals surface area (Å²) in [6.45, 7) is -0.00187. The summed E-state index contributed by atoms with van der Waals surface area (Å²) in [5.74, 6) is -11.0. The minimum absolute atomic E-state index is 0.00187. The van der Waals surface area contributed by atoms with E-state index < -0.39 is 46.8 Å². The third kappa shape index (κ3) is 2.08. The van der Waals surface area contributed by atoms with Gasteiger partial charge in [0.15, 0.2) is 23.3 Å². The highest BCUT2D eigenvalue weighted by molar-refractivity contribution is 5.81.